The molecule has 2 saturated heterocycles. The number of hydrogen-bond acceptors (Lipinski definition) is 2. The molecule has 3 atom stereocenters. The normalized spacial score (nSPS) is 43.5. The van der Waals surface area contributed by atoms with E-state index in [0.29, 0.717) is 12.3 Å². The van der Waals surface area contributed by atoms with Crippen LogP contribution in [0.5, 0.6) is 0 Å². The van der Waals surface area contributed by atoms with Crippen LogP contribution in [-0.2, 0) is 4.74 Å². The van der Waals surface area contributed by atoms with Gasteiger partial charge in [0, 0.05) is 20.2 Å². The molecule has 0 N–H and O–H groups in total. The molecule has 0 saturated carbocycles. The van der Waals surface area contributed by atoms with Crippen LogP contribution in [0.4, 0.5) is 4.39 Å². The lowest BCUT2D eigenvalue weighted by Gasteiger charge is -2.37. The first-order valence-corrected chi connectivity index (χ1v) is 5.53. The molecular formula is C11H20FNO. The standard InChI is InChI=1S/C11H20FNO/c1-8(2)11-6-9(14-3)7-13(11)5-4-10(11)12/h8-10H,4-7H2,1-3H3/t9-,10+,11+/m1/s1. The van der Waals surface area contributed by atoms with E-state index in [-0.39, 0.29) is 11.6 Å². The fourth-order valence-corrected chi connectivity index (χ4v) is 3.24. The van der Waals surface area contributed by atoms with Crippen molar-refractivity contribution < 1.29 is 9.13 Å². The highest BCUT2D eigenvalue weighted by atomic mass is 19.1. The Hall–Kier alpha value is -0.150. The second kappa shape index (κ2) is 3.46. The molecular weight excluding hydrogens is 181 g/mol. The number of alkyl halides is 1. The third-order valence-electron chi connectivity index (χ3n) is 4.10. The quantitative estimate of drug-likeness (QED) is 0.676. The zero-order valence-corrected chi connectivity index (χ0v) is 9.29. The van der Waals surface area contributed by atoms with Crippen LogP contribution in [-0.4, -0.2) is 42.9 Å². The Morgan fingerprint density at radius 3 is 2.71 bits per heavy atom. The van der Waals surface area contributed by atoms with Gasteiger partial charge in [0.25, 0.3) is 0 Å². The first kappa shape index (κ1) is 10.4. The lowest BCUT2D eigenvalue weighted by atomic mass is 9.81. The van der Waals surface area contributed by atoms with Crippen LogP contribution in [0.3, 0.4) is 0 Å². The molecule has 2 heterocycles. The van der Waals surface area contributed by atoms with Gasteiger partial charge in [-0.2, -0.15) is 0 Å². The number of methoxy groups -OCH3 is 1. The van der Waals surface area contributed by atoms with Crippen LogP contribution >= 0.6 is 0 Å². The van der Waals surface area contributed by atoms with Crippen LogP contribution in [0.25, 0.3) is 0 Å². The third-order valence-corrected chi connectivity index (χ3v) is 4.10. The van der Waals surface area contributed by atoms with Crippen LogP contribution < -0.4 is 0 Å². The van der Waals surface area contributed by atoms with Gasteiger partial charge in [-0.05, 0) is 18.8 Å². The summed E-state index contributed by atoms with van der Waals surface area (Å²) in [5.41, 5.74) is -0.222. The van der Waals surface area contributed by atoms with E-state index in [0.717, 1.165) is 19.5 Å². The van der Waals surface area contributed by atoms with E-state index < -0.39 is 6.17 Å². The summed E-state index contributed by atoms with van der Waals surface area (Å²) in [5.74, 6) is 0.375. The van der Waals surface area contributed by atoms with Gasteiger partial charge in [-0.15, -0.1) is 0 Å². The summed E-state index contributed by atoms with van der Waals surface area (Å²) in [4.78, 5) is 2.30. The molecule has 2 fully saturated rings. The van der Waals surface area contributed by atoms with E-state index in [1.54, 1.807) is 7.11 Å². The highest BCUT2D eigenvalue weighted by Gasteiger charge is 2.56. The second-order valence-electron chi connectivity index (χ2n) is 4.91. The van der Waals surface area contributed by atoms with Gasteiger partial charge in [-0.25, -0.2) is 4.39 Å². The first-order valence-electron chi connectivity index (χ1n) is 5.53. The molecule has 82 valence electrons. The van der Waals surface area contributed by atoms with Crippen molar-refractivity contribution in [3.05, 3.63) is 0 Å². The molecule has 2 aliphatic heterocycles. The van der Waals surface area contributed by atoms with Crippen molar-refractivity contribution in [1.82, 2.24) is 4.90 Å². The zero-order valence-electron chi connectivity index (χ0n) is 9.29. The van der Waals surface area contributed by atoms with E-state index >= 15 is 0 Å². The van der Waals surface area contributed by atoms with Crippen LogP contribution in [0, 0.1) is 5.92 Å². The number of nitrogens with zero attached hydrogens (tertiary/aromatic N) is 1. The lowest BCUT2D eigenvalue weighted by molar-refractivity contribution is 0.0634. The minimum Gasteiger partial charge on any atom is -0.380 e. The SMILES string of the molecule is CO[C@H]1CN2CC[C@H](F)[C@@]2(C(C)C)C1. The van der Waals surface area contributed by atoms with Crippen LogP contribution in [0.15, 0.2) is 0 Å². The van der Waals surface area contributed by atoms with E-state index in [9.17, 15) is 4.39 Å². The van der Waals surface area contributed by atoms with Crippen LogP contribution in [0.1, 0.15) is 26.7 Å². The lowest BCUT2D eigenvalue weighted by Crippen LogP contribution is -2.48. The smallest absolute Gasteiger partial charge is 0.120 e. The largest absolute Gasteiger partial charge is 0.380 e. The van der Waals surface area contributed by atoms with Gasteiger partial charge >= 0.3 is 0 Å². The van der Waals surface area contributed by atoms with Crippen molar-refractivity contribution in [2.45, 2.75) is 44.5 Å². The molecule has 0 radical (unpaired) electrons. The Morgan fingerprint density at radius 1 is 1.50 bits per heavy atom. The molecule has 0 unspecified atom stereocenters. The highest BCUT2D eigenvalue weighted by molar-refractivity contribution is 5.10. The van der Waals surface area contributed by atoms with E-state index in [1.165, 1.54) is 0 Å². The third kappa shape index (κ3) is 1.22. The highest BCUT2D eigenvalue weighted by Crippen LogP contribution is 2.46. The number of hydrogen-bond donors (Lipinski definition) is 0. The van der Waals surface area contributed by atoms with Crippen molar-refractivity contribution in [3.8, 4) is 0 Å². The summed E-state index contributed by atoms with van der Waals surface area (Å²) in [6, 6.07) is 0. The van der Waals surface area contributed by atoms with Crippen molar-refractivity contribution in [2.24, 2.45) is 5.92 Å². The Bertz CT molecular complexity index is 221. The summed E-state index contributed by atoms with van der Waals surface area (Å²) >= 11 is 0. The molecule has 0 bridgehead atoms. The first-order chi connectivity index (χ1) is 6.61. The predicted octanol–water partition coefficient (Wildman–Crippen LogP) is 1.84. The molecule has 0 amide bonds. The summed E-state index contributed by atoms with van der Waals surface area (Å²) in [6.45, 7) is 6.07. The number of rotatable bonds is 2. The fraction of sp³-hybridized carbons (Fsp3) is 1.00. The summed E-state index contributed by atoms with van der Waals surface area (Å²) < 4.78 is 19.4. The Kier molecular flexibility index (Phi) is 2.56. The maximum Gasteiger partial charge on any atom is 0.120 e. The number of halogens is 1. The average Bonchev–Trinajstić information content (AvgIpc) is 2.65. The van der Waals surface area contributed by atoms with Gasteiger partial charge in [0.15, 0.2) is 0 Å². The summed E-state index contributed by atoms with van der Waals surface area (Å²) in [5, 5.41) is 0. The average molecular weight is 201 g/mol. The van der Waals surface area contributed by atoms with Crippen molar-refractivity contribution in [3.63, 3.8) is 0 Å². The molecule has 14 heavy (non-hydrogen) atoms. The zero-order chi connectivity index (χ0) is 10.3. The van der Waals surface area contributed by atoms with Gasteiger partial charge < -0.3 is 4.74 Å². The Morgan fingerprint density at radius 2 is 2.21 bits per heavy atom. The van der Waals surface area contributed by atoms with E-state index in [1.807, 2.05) is 0 Å². The molecule has 2 rings (SSSR count). The van der Waals surface area contributed by atoms with Gasteiger partial charge in [0.2, 0.25) is 0 Å². The summed E-state index contributed by atoms with van der Waals surface area (Å²) in [6.07, 6.45) is 1.13. The van der Waals surface area contributed by atoms with Gasteiger partial charge in [-0.1, -0.05) is 13.8 Å². The van der Waals surface area contributed by atoms with Crippen molar-refractivity contribution >= 4 is 0 Å². The minimum absolute atomic E-state index is 0.222. The number of fused-ring (bicyclic) bond motifs is 1. The monoisotopic (exact) mass is 201 g/mol. The Balaban J connectivity index is 2.23. The molecule has 2 nitrogen and oxygen atoms in total. The van der Waals surface area contributed by atoms with Crippen molar-refractivity contribution in [2.75, 3.05) is 20.2 Å². The topological polar surface area (TPSA) is 12.5 Å². The van der Waals surface area contributed by atoms with Gasteiger partial charge in [0.1, 0.15) is 6.17 Å². The maximum absolute atomic E-state index is 14.0. The molecule has 0 aromatic heterocycles. The number of ether oxygens (including phenoxy) is 1. The Labute approximate surface area is 85.4 Å². The van der Waals surface area contributed by atoms with E-state index in [2.05, 4.69) is 18.7 Å². The predicted molar refractivity (Wildman–Crippen MR) is 54.1 cm³/mol. The van der Waals surface area contributed by atoms with E-state index in [4.69, 9.17) is 4.74 Å². The molecule has 0 aromatic carbocycles. The van der Waals surface area contributed by atoms with Gasteiger partial charge in [0.05, 0.1) is 11.6 Å². The summed E-state index contributed by atoms with van der Waals surface area (Å²) in [7, 11) is 1.73. The molecule has 2 aliphatic rings. The minimum atomic E-state index is -0.664. The van der Waals surface area contributed by atoms with Crippen LogP contribution in [0.2, 0.25) is 0 Å². The molecule has 0 aliphatic carbocycles. The molecule has 0 aromatic rings. The van der Waals surface area contributed by atoms with Gasteiger partial charge in [-0.3, -0.25) is 4.90 Å². The second-order valence-corrected chi connectivity index (χ2v) is 4.91. The van der Waals surface area contributed by atoms with Crippen molar-refractivity contribution in [1.29, 1.82) is 0 Å². The molecule has 0 spiro atoms. The fourth-order valence-electron chi connectivity index (χ4n) is 3.24. The molecule has 3 heteroatoms. The maximum atomic E-state index is 14.0.